The van der Waals surface area contributed by atoms with Gasteiger partial charge in [0.1, 0.15) is 13.2 Å². The van der Waals surface area contributed by atoms with Crippen molar-refractivity contribution in [2.45, 2.75) is 12.5 Å². The molecule has 2 aliphatic rings. The second-order valence-electron chi connectivity index (χ2n) is 5.64. The van der Waals surface area contributed by atoms with E-state index in [2.05, 4.69) is 4.72 Å². The van der Waals surface area contributed by atoms with Crippen molar-refractivity contribution in [3.05, 3.63) is 18.2 Å². The van der Waals surface area contributed by atoms with Crippen molar-refractivity contribution in [3.8, 4) is 11.5 Å². The number of fused-ring (bicyclic) bond motifs is 1. The molecule has 1 fully saturated rings. The topological polar surface area (TPSA) is 88.2 Å². The Balaban J connectivity index is 1.76. The quantitative estimate of drug-likeness (QED) is 0.830. The van der Waals surface area contributed by atoms with Gasteiger partial charge in [-0.05, 0) is 12.1 Å². The zero-order valence-electron chi connectivity index (χ0n) is 13.0. The van der Waals surface area contributed by atoms with Crippen LogP contribution >= 0.6 is 0 Å². The monoisotopic (exact) mass is 341 g/mol. The van der Waals surface area contributed by atoms with Crippen molar-refractivity contribution < 1.29 is 22.7 Å². The number of nitrogens with zero attached hydrogens (tertiary/aromatic N) is 2. The van der Waals surface area contributed by atoms with Gasteiger partial charge in [-0.1, -0.05) is 0 Å². The molecule has 0 bridgehead atoms. The molecular formula is C14H19N3O5S. The Labute approximate surface area is 135 Å². The first kappa shape index (κ1) is 16.0. The van der Waals surface area contributed by atoms with Gasteiger partial charge in [-0.15, -0.1) is 0 Å². The molecule has 1 amide bonds. The molecule has 8 nitrogen and oxygen atoms in total. The van der Waals surface area contributed by atoms with Gasteiger partial charge in [-0.3, -0.25) is 4.79 Å². The highest BCUT2D eigenvalue weighted by Crippen LogP contribution is 2.35. The Bertz CT molecular complexity index is 719. The predicted molar refractivity (Wildman–Crippen MR) is 83.9 cm³/mol. The lowest BCUT2D eigenvalue weighted by Gasteiger charge is -2.22. The van der Waals surface area contributed by atoms with Crippen molar-refractivity contribution in [2.75, 3.05) is 38.8 Å². The number of amides is 1. The average molecular weight is 341 g/mol. The number of anilines is 1. The van der Waals surface area contributed by atoms with Crippen LogP contribution in [0.15, 0.2) is 18.2 Å². The smallest absolute Gasteiger partial charge is 0.279 e. The third-order valence-electron chi connectivity index (χ3n) is 3.76. The molecule has 1 aromatic rings. The molecule has 2 heterocycles. The van der Waals surface area contributed by atoms with Crippen LogP contribution in [-0.4, -0.2) is 58.5 Å². The van der Waals surface area contributed by atoms with Gasteiger partial charge in [0.2, 0.25) is 5.91 Å². The maximum absolute atomic E-state index is 12.2. The molecule has 1 saturated heterocycles. The summed E-state index contributed by atoms with van der Waals surface area (Å²) in [5.41, 5.74) is 0.672. The molecule has 0 aliphatic carbocycles. The van der Waals surface area contributed by atoms with Crippen LogP contribution in [-0.2, 0) is 15.0 Å². The molecule has 0 unspecified atom stereocenters. The van der Waals surface area contributed by atoms with E-state index in [1.165, 1.54) is 14.1 Å². The summed E-state index contributed by atoms with van der Waals surface area (Å²) < 4.78 is 38.3. The molecular weight excluding hydrogens is 322 g/mol. The van der Waals surface area contributed by atoms with Crippen LogP contribution in [0.25, 0.3) is 0 Å². The number of hydrogen-bond acceptors (Lipinski definition) is 5. The molecule has 0 saturated carbocycles. The second kappa shape index (κ2) is 5.99. The van der Waals surface area contributed by atoms with E-state index in [9.17, 15) is 13.2 Å². The summed E-state index contributed by atoms with van der Waals surface area (Å²) in [6, 6.07) is 4.82. The zero-order chi connectivity index (χ0) is 16.6. The number of nitrogens with one attached hydrogen (secondary N) is 1. The Morgan fingerprint density at radius 1 is 1.22 bits per heavy atom. The van der Waals surface area contributed by atoms with Gasteiger partial charge in [-0.2, -0.15) is 17.4 Å². The van der Waals surface area contributed by atoms with E-state index >= 15 is 0 Å². The van der Waals surface area contributed by atoms with Gasteiger partial charge >= 0.3 is 0 Å². The summed E-state index contributed by atoms with van der Waals surface area (Å²) in [6.07, 6.45) is 0.126. The maximum Gasteiger partial charge on any atom is 0.279 e. The number of hydrogen-bond donors (Lipinski definition) is 1. The largest absolute Gasteiger partial charge is 0.486 e. The summed E-state index contributed by atoms with van der Waals surface area (Å²) in [5.74, 6) is 1.11. The van der Waals surface area contributed by atoms with Crippen molar-refractivity contribution >= 4 is 21.8 Å². The van der Waals surface area contributed by atoms with E-state index < -0.39 is 16.3 Å². The minimum Gasteiger partial charge on any atom is -0.486 e. The van der Waals surface area contributed by atoms with Crippen LogP contribution in [0.4, 0.5) is 5.69 Å². The number of carbonyl (C=O) groups excluding carboxylic acids is 1. The van der Waals surface area contributed by atoms with Gasteiger partial charge < -0.3 is 14.4 Å². The third-order valence-corrected chi connectivity index (χ3v) is 5.35. The molecule has 9 heteroatoms. The lowest BCUT2D eigenvalue weighted by Crippen LogP contribution is -2.43. The molecule has 1 atom stereocenters. The van der Waals surface area contributed by atoms with Crippen LogP contribution in [0.3, 0.4) is 0 Å². The Morgan fingerprint density at radius 3 is 2.61 bits per heavy atom. The SMILES string of the molecule is CN(C)S(=O)(=O)N[C@@H]1CC(=O)N(c2ccc3c(c2)OCCO3)C1. The average Bonchev–Trinajstić information content (AvgIpc) is 2.86. The first-order valence-electron chi connectivity index (χ1n) is 7.26. The molecule has 1 N–H and O–H groups in total. The fourth-order valence-electron chi connectivity index (χ4n) is 2.55. The highest BCUT2D eigenvalue weighted by molar-refractivity contribution is 7.87. The van der Waals surface area contributed by atoms with Gasteiger partial charge in [0.05, 0.1) is 0 Å². The summed E-state index contributed by atoms with van der Waals surface area (Å²) in [7, 11) is -0.681. The predicted octanol–water partition coefficient (Wildman–Crippen LogP) is -0.0409. The molecule has 0 radical (unpaired) electrons. The van der Waals surface area contributed by atoms with Crippen molar-refractivity contribution in [1.82, 2.24) is 9.03 Å². The Hall–Kier alpha value is -1.84. The fourth-order valence-corrected chi connectivity index (χ4v) is 3.34. The summed E-state index contributed by atoms with van der Waals surface area (Å²) in [6.45, 7) is 1.25. The van der Waals surface area contributed by atoms with Crippen molar-refractivity contribution in [1.29, 1.82) is 0 Å². The number of carbonyl (C=O) groups is 1. The number of ether oxygens (including phenoxy) is 2. The van der Waals surface area contributed by atoms with E-state index in [1.54, 1.807) is 23.1 Å². The van der Waals surface area contributed by atoms with Crippen LogP contribution in [0.1, 0.15) is 6.42 Å². The fraction of sp³-hybridized carbons (Fsp3) is 0.500. The zero-order valence-corrected chi connectivity index (χ0v) is 13.8. The number of rotatable bonds is 4. The van der Waals surface area contributed by atoms with Crippen LogP contribution in [0.2, 0.25) is 0 Å². The lowest BCUT2D eigenvalue weighted by molar-refractivity contribution is -0.117. The standard InChI is InChI=1S/C14H19N3O5S/c1-16(2)23(19,20)15-10-7-14(18)17(9-10)11-3-4-12-13(8-11)22-6-5-21-12/h3-4,8,10,15H,5-7,9H2,1-2H3/t10-/m1/s1. The van der Waals surface area contributed by atoms with E-state index in [-0.39, 0.29) is 18.9 Å². The van der Waals surface area contributed by atoms with Gasteiger partial charge in [-0.25, -0.2) is 0 Å². The molecule has 1 aromatic carbocycles. The normalized spacial score (nSPS) is 21.1. The van der Waals surface area contributed by atoms with E-state index in [1.807, 2.05) is 0 Å². The highest BCUT2D eigenvalue weighted by Gasteiger charge is 2.34. The van der Waals surface area contributed by atoms with Crippen LogP contribution < -0.4 is 19.1 Å². The first-order valence-corrected chi connectivity index (χ1v) is 8.70. The highest BCUT2D eigenvalue weighted by atomic mass is 32.2. The molecule has 126 valence electrons. The van der Waals surface area contributed by atoms with Gasteiger partial charge in [0, 0.05) is 44.9 Å². The third kappa shape index (κ3) is 3.26. The molecule has 3 rings (SSSR count). The summed E-state index contributed by atoms with van der Waals surface area (Å²) in [4.78, 5) is 13.8. The molecule has 2 aliphatic heterocycles. The van der Waals surface area contributed by atoms with Gasteiger partial charge in [0.15, 0.2) is 11.5 Å². The number of benzene rings is 1. The van der Waals surface area contributed by atoms with E-state index in [0.717, 1.165) is 4.31 Å². The van der Waals surface area contributed by atoms with Crippen LogP contribution in [0, 0.1) is 0 Å². The molecule has 0 spiro atoms. The van der Waals surface area contributed by atoms with Gasteiger partial charge in [0.25, 0.3) is 10.2 Å². The summed E-state index contributed by atoms with van der Waals surface area (Å²) in [5, 5.41) is 0. The maximum atomic E-state index is 12.2. The minimum atomic E-state index is -3.57. The van der Waals surface area contributed by atoms with E-state index in [4.69, 9.17) is 9.47 Å². The van der Waals surface area contributed by atoms with Crippen LogP contribution in [0.5, 0.6) is 11.5 Å². The second-order valence-corrected chi connectivity index (χ2v) is 7.55. The molecule has 0 aromatic heterocycles. The van der Waals surface area contributed by atoms with E-state index in [0.29, 0.717) is 30.4 Å². The van der Waals surface area contributed by atoms with Crippen molar-refractivity contribution in [3.63, 3.8) is 0 Å². The first-order chi connectivity index (χ1) is 10.9. The Kier molecular flexibility index (Phi) is 4.17. The Morgan fingerprint density at radius 2 is 1.91 bits per heavy atom. The minimum absolute atomic E-state index is 0.126. The van der Waals surface area contributed by atoms with Crippen molar-refractivity contribution in [2.24, 2.45) is 0 Å². The summed E-state index contributed by atoms with van der Waals surface area (Å²) >= 11 is 0. The molecule has 23 heavy (non-hydrogen) atoms. The lowest BCUT2D eigenvalue weighted by atomic mass is 10.2.